The molecule has 1 aliphatic heterocycles. The van der Waals surface area contributed by atoms with E-state index in [2.05, 4.69) is 50.1 Å². The third-order valence-corrected chi connectivity index (χ3v) is 6.85. The molecule has 0 aromatic heterocycles. The van der Waals surface area contributed by atoms with Gasteiger partial charge in [0.2, 0.25) is 0 Å². The maximum Gasteiger partial charge on any atom is 0.313 e. The molecule has 190 valence electrons. The van der Waals surface area contributed by atoms with Crippen LogP contribution in [0.1, 0.15) is 51.2 Å². The number of hydrazine groups is 1. The summed E-state index contributed by atoms with van der Waals surface area (Å²) in [7, 11) is 0. The smallest absolute Gasteiger partial charge is 0.313 e. The number of hydrogen-bond acceptors (Lipinski definition) is 7. The molecule has 1 aromatic carbocycles. The largest absolute Gasteiger partial charge is 0.461 e. The highest BCUT2D eigenvalue weighted by Crippen LogP contribution is 2.52. The van der Waals surface area contributed by atoms with Crippen molar-refractivity contribution < 1.29 is 24.2 Å². The minimum absolute atomic E-state index is 0.000933. The highest BCUT2D eigenvalue weighted by molar-refractivity contribution is 7.80. The molecule has 1 saturated carbocycles. The zero-order chi connectivity index (χ0) is 26.0. The average molecular weight is 502 g/mol. The van der Waals surface area contributed by atoms with Crippen LogP contribution in [-0.4, -0.2) is 46.6 Å². The van der Waals surface area contributed by atoms with Crippen LogP contribution in [0.4, 0.5) is 0 Å². The number of carbonyl (C=O) groups excluding carboxylic acids is 2. The summed E-state index contributed by atoms with van der Waals surface area (Å²) in [5.74, 6) is -3.99. The Balaban J connectivity index is 2.20. The lowest BCUT2D eigenvalue weighted by molar-refractivity contribution is -0.179. The number of ether oxygens (including phenoxy) is 2. The van der Waals surface area contributed by atoms with E-state index >= 15 is 0 Å². The van der Waals surface area contributed by atoms with Gasteiger partial charge in [-0.2, -0.15) is 0 Å². The van der Waals surface area contributed by atoms with E-state index in [1.54, 1.807) is 6.92 Å². The molecule has 0 unspecified atom stereocenters. The molecule has 3 rings (SSSR count). The highest BCUT2D eigenvalue weighted by Gasteiger charge is 2.65. The number of rotatable bonds is 7. The van der Waals surface area contributed by atoms with Crippen LogP contribution in [0, 0.1) is 11.8 Å². The van der Waals surface area contributed by atoms with Gasteiger partial charge in [-0.1, -0.05) is 70.3 Å². The number of carbonyl (C=O) groups is 2. The van der Waals surface area contributed by atoms with Gasteiger partial charge < -0.3 is 19.9 Å². The third-order valence-electron chi connectivity index (χ3n) is 6.65. The van der Waals surface area contributed by atoms with Crippen molar-refractivity contribution in [1.82, 2.24) is 16.2 Å². The van der Waals surface area contributed by atoms with E-state index in [1.807, 2.05) is 24.3 Å². The molecule has 9 heteroatoms. The van der Waals surface area contributed by atoms with Gasteiger partial charge in [0.1, 0.15) is 24.8 Å². The number of benzene rings is 1. The van der Waals surface area contributed by atoms with Gasteiger partial charge in [0, 0.05) is 12.3 Å². The average Bonchev–Trinajstić information content (AvgIpc) is 3.14. The zero-order valence-corrected chi connectivity index (χ0v) is 21.5. The van der Waals surface area contributed by atoms with Crippen LogP contribution in [-0.2, 0) is 24.5 Å². The second-order valence-electron chi connectivity index (χ2n) is 10.4. The summed E-state index contributed by atoms with van der Waals surface area (Å²) in [6.45, 7) is 15.1. The van der Waals surface area contributed by atoms with Gasteiger partial charge in [0.25, 0.3) is 0 Å². The molecular formula is C26H35N3O5S. The Morgan fingerprint density at radius 3 is 2.11 bits per heavy atom. The molecule has 0 bridgehead atoms. The number of esters is 2. The first-order chi connectivity index (χ1) is 16.4. The maximum atomic E-state index is 13.6. The van der Waals surface area contributed by atoms with E-state index in [9.17, 15) is 14.7 Å². The summed E-state index contributed by atoms with van der Waals surface area (Å²) in [6, 6.07) is 7.73. The van der Waals surface area contributed by atoms with Gasteiger partial charge in [-0.15, -0.1) is 0 Å². The SMILES string of the molecule is C=CCOC(=O)[C@@H]1[C@H](c2ccc(C(C)(C)C)cc2)[C@H](C(=O)OCC=C)[C@@]2(C[C@@]1(C)O)NNC(=S)N2. The summed E-state index contributed by atoms with van der Waals surface area (Å²) in [5, 5.41) is 15.1. The molecule has 0 amide bonds. The molecule has 1 spiro atoms. The van der Waals surface area contributed by atoms with Crippen LogP contribution in [0.5, 0.6) is 0 Å². The van der Waals surface area contributed by atoms with Gasteiger partial charge in [0.05, 0.1) is 11.5 Å². The van der Waals surface area contributed by atoms with Gasteiger partial charge in [0.15, 0.2) is 5.11 Å². The summed E-state index contributed by atoms with van der Waals surface area (Å²) in [6.07, 6.45) is 2.92. The highest BCUT2D eigenvalue weighted by atomic mass is 32.1. The minimum Gasteiger partial charge on any atom is -0.461 e. The zero-order valence-electron chi connectivity index (χ0n) is 20.7. The molecule has 1 aromatic rings. The van der Waals surface area contributed by atoms with Crippen molar-refractivity contribution in [1.29, 1.82) is 0 Å². The lowest BCUT2D eigenvalue weighted by Gasteiger charge is -2.52. The first-order valence-corrected chi connectivity index (χ1v) is 12.0. The number of aliphatic hydroxyl groups is 1. The number of thiocarbonyl (C=S) groups is 1. The van der Waals surface area contributed by atoms with Crippen molar-refractivity contribution in [2.45, 2.75) is 56.7 Å². The van der Waals surface area contributed by atoms with Crippen molar-refractivity contribution in [2.75, 3.05) is 13.2 Å². The second kappa shape index (κ2) is 10.1. The van der Waals surface area contributed by atoms with E-state index in [0.717, 1.165) is 5.56 Å². The molecular weight excluding hydrogens is 466 g/mol. The fourth-order valence-electron chi connectivity index (χ4n) is 5.15. The lowest BCUT2D eigenvalue weighted by Crippen LogP contribution is -2.70. The van der Waals surface area contributed by atoms with Crippen LogP contribution < -0.4 is 16.2 Å². The summed E-state index contributed by atoms with van der Waals surface area (Å²) < 4.78 is 10.9. The molecule has 4 N–H and O–H groups in total. The van der Waals surface area contributed by atoms with Crippen molar-refractivity contribution >= 4 is 29.3 Å². The summed E-state index contributed by atoms with van der Waals surface area (Å²) >= 11 is 5.29. The van der Waals surface area contributed by atoms with Crippen LogP contribution in [0.15, 0.2) is 49.6 Å². The molecule has 1 aliphatic carbocycles. The minimum atomic E-state index is -1.57. The Labute approximate surface area is 212 Å². The predicted octanol–water partition coefficient (Wildman–Crippen LogP) is 2.59. The first kappa shape index (κ1) is 26.8. The van der Waals surface area contributed by atoms with E-state index in [0.29, 0.717) is 5.56 Å². The molecule has 5 atom stereocenters. The predicted molar refractivity (Wildman–Crippen MR) is 137 cm³/mol. The van der Waals surface area contributed by atoms with Gasteiger partial charge in [-0.3, -0.25) is 15.0 Å². The van der Waals surface area contributed by atoms with Gasteiger partial charge >= 0.3 is 11.9 Å². The second-order valence-corrected chi connectivity index (χ2v) is 10.8. The molecule has 1 heterocycles. The van der Waals surface area contributed by atoms with Crippen LogP contribution in [0.3, 0.4) is 0 Å². The van der Waals surface area contributed by atoms with Crippen molar-refractivity contribution in [3.8, 4) is 0 Å². The normalized spacial score (nSPS) is 30.2. The summed E-state index contributed by atoms with van der Waals surface area (Å²) in [5.41, 5.74) is 4.83. The van der Waals surface area contributed by atoms with E-state index < -0.39 is 41.0 Å². The van der Waals surface area contributed by atoms with Crippen molar-refractivity contribution in [3.63, 3.8) is 0 Å². The van der Waals surface area contributed by atoms with Crippen molar-refractivity contribution in [3.05, 3.63) is 60.7 Å². The Morgan fingerprint density at radius 2 is 1.66 bits per heavy atom. The monoisotopic (exact) mass is 501 g/mol. The Morgan fingerprint density at radius 1 is 1.11 bits per heavy atom. The Bertz CT molecular complexity index is 1000. The molecule has 35 heavy (non-hydrogen) atoms. The Hall–Kier alpha value is -2.75. The Kier molecular flexibility index (Phi) is 7.74. The maximum absolute atomic E-state index is 13.6. The van der Waals surface area contributed by atoms with Crippen LogP contribution >= 0.6 is 12.2 Å². The molecule has 2 fully saturated rings. The van der Waals surface area contributed by atoms with Crippen molar-refractivity contribution in [2.24, 2.45) is 11.8 Å². The van der Waals surface area contributed by atoms with Crippen LogP contribution in [0.25, 0.3) is 0 Å². The summed E-state index contributed by atoms with van der Waals surface area (Å²) in [4.78, 5) is 26.9. The molecule has 0 radical (unpaired) electrons. The van der Waals surface area contributed by atoms with E-state index in [4.69, 9.17) is 21.7 Å². The third kappa shape index (κ3) is 5.42. The first-order valence-electron chi connectivity index (χ1n) is 11.6. The topological polar surface area (TPSA) is 109 Å². The molecule has 8 nitrogen and oxygen atoms in total. The van der Waals surface area contributed by atoms with Gasteiger partial charge in [-0.25, -0.2) is 5.43 Å². The quantitative estimate of drug-likeness (QED) is 0.255. The number of nitrogens with one attached hydrogen (secondary N) is 3. The standard InChI is InChI=1S/C26H35N3O5S/c1-7-13-33-21(30)19-18(16-9-11-17(12-10-16)24(3,4)5)20(22(31)34-14-8-2)26(15-25(19,6)32)27-23(35)28-29-26/h7-12,18-20,29,32H,1-2,13-15H2,3-6H3,(H2,27,28,35)/t18-,19-,20+,25+,26+/m0/s1. The number of hydrogen-bond donors (Lipinski definition) is 4. The van der Waals surface area contributed by atoms with Crippen LogP contribution in [0.2, 0.25) is 0 Å². The van der Waals surface area contributed by atoms with E-state index in [1.165, 1.54) is 12.2 Å². The molecule has 1 saturated heterocycles. The fraction of sp³-hybridized carbons (Fsp3) is 0.500. The molecule has 2 aliphatic rings. The fourth-order valence-corrected chi connectivity index (χ4v) is 5.38. The lowest BCUT2D eigenvalue weighted by atomic mass is 9.58. The van der Waals surface area contributed by atoms with E-state index in [-0.39, 0.29) is 30.2 Å². The van der Waals surface area contributed by atoms with Gasteiger partial charge in [-0.05, 0) is 35.7 Å².